The third-order valence-electron chi connectivity index (χ3n) is 4.37. The SMILES string of the molecule is Cc1ccc(CCNc2ccc3nc(C4=N[C@@H](C(=O)O)CS4)sc3c2)cc1. The number of aliphatic imine (C=N–C) groups is 1. The summed E-state index contributed by atoms with van der Waals surface area (Å²) >= 11 is 3.02. The van der Waals surface area contributed by atoms with E-state index in [0.29, 0.717) is 5.75 Å². The molecule has 3 aromatic rings. The van der Waals surface area contributed by atoms with Gasteiger partial charge in [0.1, 0.15) is 10.1 Å². The molecule has 0 unspecified atom stereocenters. The second kappa shape index (κ2) is 7.70. The van der Waals surface area contributed by atoms with Gasteiger partial charge in [-0.3, -0.25) is 4.99 Å². The van der Waals surface area contributed by atoms with E-state index in [1.807, 2.05) is 12.1 Å². The molecule has 2 aromatic carbocycles. The van der Waals surface area contributed by atoms with Gasteiger partial charge in [0.05, 0.1) is 10.2 Å². The van der Waals surface area contributed by atoms with Crippen LogP contribution in [-0.2, 0) is 11.2 Å². The van der Waals surface area contributed by atoms with Crippen LogP contribution in [0, 0.1) is 6.92 Å². The molecule has 2 N–H and O–H groups in total. The molecule has 0 aliphatic carbocycles. The first-order chi connectivity index (χ1) is 13.1. The average molecular weight is 398 g/mol. The zero-order valence-electron chi connectivity index (χ0n) is 14.8. The van der Waals surface area contributed by atoms with E-state index in [1.54, 1.807) is 11.3 Å². The van der Waals surface area contributed by atoms with Gasteiger partial charge in [0.15, 0.2) is 6.04 Å². The van der Waals surface area contributed by atoms with E-state index in [-0.39, 0.29) is 0 Å². The van der Waals surface area contributed by atoms with Crippen molar-refractivity contribution in [3.63, 3.8) is 0 Å². The van der Waals surface area contributed by atoms with Crippen LogP contribution >= 0.6 is 23.1 Å². The summed E-state index contributed by atoms with van der Waals surface area (Å²) in [5.41, 5.74) is 4.58. The lowest BCUT2D eigenvalue weighted by molar-refractivity contribution is -0.137. The van der Waals surface area contributed by atoms with Crippen molar-refractivity contribution in [3.8, 4) is 0 Å². The number of aliphatic carboxylic acids is 1. The lowest BCUT2D eigenvalue weighted by atomic mass is 10.1. The Kier molecular flexibility index (Phi) is 5.13. The first kappa shape index (κ1) is 18.0. The van der Waals surface area contributed by atoms with Crippen molar-refractivity contribution in [2.45, 2.75) is 19.4 Å². The molecule has 1 atom stereocenters. The fourth-order valence-corrected chi connectivity index (χ4v) is 4.95. The van der Waals surface area contributed by atoms with Gasteiger partial charge in [-0.05, 0) is 37.1 Å². The Morgan fingerprint density at radius 3 is 2.81 bits per heavy atom. The van der Waals surface area contributed by atoms with E-state index in [1.165, 1.54) is 22.9 Å². The highest BCUT2D eigenvalue weighted by Gasteiger charge is 2.26. The maximum absolute atomic E-state index is 11.1. The van der Waals surface area contributed by atoms with Gasteiger partial charge in [0.2, 0.25) is 0 Å². The molecule has 2 heterocycles. The third-order valence-corrected chi connectivity index (χ3v) is 6.58. The standard InChI is InChI=1S/C20H19N3O2S2/c1-12-2-4-13(5-3-12)8-9-21-14-6-7-15-17(10-14)27-19(22-15)18-23-16(11-26-18)20(24)25/h2-7,10,16,21H,8-9,11H2,1H3,(H,24,25)/t16-/m1/s1. The molecule has 1 aliphatic rings. The van der Waals surface area contributed by atoms with Crippen molar-refractivity contribution < 1.29 is 9.90 Å². The number of hydrogen-bond donors (Lipinski definition) is 2. The van der Waals surface area contributed by atoms with Crippen molar-refractivity contribution in [1.29, 1.82) is 0 Å². The number of carbonyl (C=O) groups is 1. The quantitative estimate of drug-likeness (QED) is 0.652. The minimum absolute atomic E-state index is 0.479. The number of carboxylic acids is 1. The first-order valence-electron chi connectivity index (χ1n) is 8.72. The van der Waals surface area contributed by atoms with Crippen LogP contribution in [0.5, 0.6) is 0 Å². The molecule has 1 aromatic heterocycles. The number of hydrogen-bond acceptors (Lipinski definition) is 6. The van der Waals surface area contributed by atoms with Gasteiger partial charge in [0, 0.05) is 18.0 Å². The Morgan fingerprint density at radius 1 is 1.26 bits per heavy atom. The molecule has 27 heavy (non-hydrogen) atoms. The second-order valence-electron chi connectivity index (χ2n) is 6.46. The topological polar surface area (TPSA) is 74.6 Å². The Labute approximate surface area is 165 Å². The summed E-state index contributed by atoms with van der Waals surface area (Å²) in [5.74, 6) is -0.398. The smallest absolute Gasteiger partial charge is 0.329 e. The van der Waals surface area contributed by atoms with E-state index in [4.69, 9.17) is 5.11 Å². The van der Waals surface area contributed by atoms with Crippen LogP contribution in [0.25, 0.3) is 10.2 Å². The third kappa shape index (κ3) is 4.14. The number of rotatable bonds is 6. The number of aryl methyl sites for hydroxylation is 1. The predicted molar refractivity (Wildman–Crippen MR) is 113 cm³/mol. The van der Waals surface area contributed by atoms with Crippen molar-refractivity contribution in [2.24, 2.45) is 4.99 Å². The Bertz CT molecular complexity index is 1010. The summed E-state index contributed by atoms with van der Waals surface area (Å²) < 4.78 is 1.08. The minimum atomic E-state index is -0.876. The molecule has 4 rings (SSSR count). The Hall–Kier alpha value is -2.38. The van der Waals surface area contributed by atoms with Gasteiger partial charge < -0.3 is 10.4 Å². The highest BCUT2D eigenvalue weighted by molar-refractivity contribution is 8.15. The fourth-order valence-electron chi connectivity index (χ4n) is 2.85. The second-order valence-corrected chi connectivity index (χ2v) is 8.50. The van der Waals surface area contributed by atoms with Crippen LogP contribution in [-0.4, -0.2) is 39.4 Å². The van der Waals surface area contributed by atoms with Crippen LogP contribution < -0.4 is 5.32 Å². The zero-order chi connectivity index (χ0) is 18.8. The molecule has 1 aliphatic heterocycles. The first-order valence-corrected chi connectivity index (χ1v) is 10.5. The van der Waals surface area contributed by atoms with E-state index >= 15 is 0 Å². The van der Waals surface area contributed by atoms with Gasteiger partial charge >= 0.3 is 5.97 Å². The van der Waals surface area contributed by atoms with E-state index in [2.05, 4.69) is 52.5 Å². The molecule has 0 spiro atoms. The number of nitrogens with zero attached hydrogens (tertiary/aromatic N) is 2. The summed E-state index contributed by atoms with van der Waals surface area (Å²) in [6.07, 6.45) is 0.969. The molecule has 138 valence electrons. The van der Waals surface area contributed by atoms with Crippen LogP contribution in [0.2, 0.25) is 0 Å². The molecular weight excluding hydrogens is 378 g/mol. The molecule has 0 saturated carbocycles. The number of thiazole rings is 1. The van der Waals surface area contributed by atoms with Crippen LogP contribution in [0.1, 0.15) is 16.1 Å². The molecule has 0 fully saturated rings. The monoisotopic (exact) mass is 397 g/mol. The summed E-state index contributed by atoms with van der Waals surface area (Å²) in [7, 11) is 0. The number of nitrogens with one attached hydrogen (secondary N) is 1. The van der Waals surface area contributed by atoms with Crippen molar-refractivity contribution >= 4 is 50.0 Å². The number of thioether (sulfide) groups is 1. The fraction of sp³-hybridized carbons (Fsp3) is 0.250. The summed E-state index contributed by atoms with van der Waals surface area (Å²) in [5, 5.41) is 14.1. The van der Waals surface area contributed by atoms with Gasteiger partial charge in [0.25, 0.3) is 0 Å². The summed E-state index contributed by atoms with van der Waals surface area (Å²) in [4.78, 5) is 20.0. The van der Waals surface area contributed by atoms with E-state index in [9.17, 15) is 4.79 Å². The highest BCUT2D eigenvalue weighted by Crippen LogP contribution is 2.31. The summed E-state index contributed by atoms with van der Waals surface area (Å²) in [6, 6.07) is 14.1. The molecule has 5 nitrogen and oxygen atoms in total. The normalized spacial score (nSPS) is 16.5. The minimum Gasteiger partial charge on any atom is -0.480 e. The van der Waals surface area contributed by atoms with Gasteiger partial charge in [-0.25, -0.2) is 9.78 Å². The van der Waals surface area contributed by atoms with E-state index in [0.717, 1.165) is 38.9 Å². The zero-order valence-corrected chi connectivity index (χ0v) is 16.4. The molecule has 0 radical (unpaired) electrons. The average Bonchev–Trinajstić information content (AvgIpc) is 3.30. The van der Waals surface area contributed by atoms with Crippen LogP contribution in [0.3, 0.4) is 0 Å². The summed E-state index contributed by atoms with van der Waals surface area (Å²) in [6.45, 7) is 2.96. The van der Waals surface area contributed by atoms with Crippen LogP contribution in [0.15, 0.2) is 47.5 Å². The number of anilines is 1. The Balaban J connectivity index is 1.44. The number of aromatic nitrogens is 1. The van der Waals surface area contributed by atoms with Crippen molar-refractivity contribution in [2.75, 3.05) is 17.6 Å². The highest BCUT2D eigenvalue weighted by atomic mass is 32.2. The lowest BCUT2D eigenvalue weighted by Crippen LogP contribution is -2.17. The van der Waals surface area contributed by atoms with Gasteiger partial charge in [-0.1, -0.05) is 29.8 Å². The predicted octanol–water partition coefficient (Wildman–Crippen LogP) is 4.21. The molecule has 0 bridgehead atoms. The molecular formula is C20H19N3O2S2. The van der Waals surface area contributed by atoms with E-state index < -0.39 is 12.0 Å². The van der Waals surface area contributed by atoms with Crippen molar-refractivity contribution in [3.05, 3.63) is 58.6 Å². The molecule has 0 saturated heterocycles. The number of fused-ring (bicyclic) bond motifs is 1. The lowest BCUT2D eigenvalue weighted by Gasteiger charge is -2.06. The molecule has 7 heteroatoms. The van der Waals surface area contributed by atoms with Crippen LogP contribution in [0.4, 0.5) is 5.69 Å². The Morgan fingerprint density at radius 2 is 2.07 bits per heavy atom. The molecule has 0 amide bonds. The number of benzene rings is 2. The largest absolute Gasteiger partial charge is 0.480 e. The maximum atomic E-state index is 11.1. The maximum Gasteiger partial charge on any atom is 0.329 e. The van der Waals surface area contributed by atoms with Gasteiger partial charge in [-0.15, -0.1) is 23.1 Å². The van der Waals surface area contributed by atoms with Crippen molar-refractivity contribution in [1.82, 2.24) is 4.98 Å². The van der Waals surface area contributed by atoms with Gasteiger partial charge in [-0.2, -0.15) is 0 Å². The number of carboxylic acid groups (broad SMARTS) is 1.